The van der Waals surface area contributed by atoms with Crippen LogP contribution in [0.4, 0.5) is 11.4 Å². The van der Waals surface area contributed by atoms with E-state index in [1.807, 2.05) is 18.2 Å². The van der Waals surface area contributed by atoms with E-state index in [4.69, 9.17) is 10.1 Å². The molecule has 4 aromatic carbocycles. The molecule has 1 aliphatic rings. The van der Waals surface area contributed by atoms with E-state index in [1.165, 1.54) is 16.7 Å². The summed E-state index contributed by atoms with van der Waals surface area (Å²) in [7, 11) is 0. The van der Waals surface area contributed by atoms with E-state index in [2.05, 4.69) is 139 Å². The Morgan fingerprint density at radius 3 is 1.98 bits per heavy atom. The molecule has 226 valence electrons. The van der Waals surface area contributed by atoms with Crippen molar-refractivity contribution in [1.82, 2.24) is 4.98 Å². The molecule has 1 aliphatic heterocycles. The first-order valence-electron chi connectivity index (χ1n) is 15.0. The summed E-state index contributed by atoms with van der Waals surface area (Å²) in [4.78, 5) is 4.38. The first-order valence-corrected chi connectivity index (χ1v) is 15.0. The van der Waals surface area contributed by atoms with E-state index in [0.29, 0.717) is 11.6 Å². The van der Waals surface area contributed by atoms with E-state index >= 15 is 0 Å². The third-order valence-electron chi connectivity index (χ3n) is 8.40. The van der Waals surface area contributed by atoms with Crippen molar-refractivity contribution in [1.29, 1.82) is 0 Å². The molecular weight excluding hydrogens is 721 g/mol. The Labute approximate surface area is 278 Å². The van der Waals surface area contributed by atoms with Crippen LogP contribution in [-0.4, -0.2) is 4.98 Å². The molecule has 44 heavy (non-hydrogen) atoms. The molecule has 0 spiro atoms. The Morgan fingerprint density at radius 1 is 0.682 bits per heavy atom. The number of hydrogen-bond donors (Lipinski definition) is 0. The number of hydrogen-bond acceptors (Lipinski definition) is 2. The SMILES string of the molecule is CC(C)(C)c1cc(Oc2ccccn2)[c-]c(-c2[c-]c(-c3cccc4c3[N-]c3ccccc3C4(C)C)cc(C(C)(C)C)c2)c1.[Au+3]. The van der Waals surface area contributed by atoms with Crippen molar-refractivity contribution in [2.24, 2.45) is 0 Å². The van der Waals surface area contributed by atoms with E-state index < -0.39 is 0 Å². The molecule has 0 aliphatic carbocycles. The van der Waals surface area contributed by atoms with Crippen molar-refractivity contribution in [3.63, 3.8) is 0 Å². The predicted molar refractivity (Wildman–Crippen MR) is 178 cm³/mol. The minimum atomic E-state index is -0.166. The van der Waals surface area contributed by atoms with Crippen LogP contribution in [0.25, 0.3) is 27.6 Å². The summed E-state index contributed by atoms with van der Waals surface area (Å²) in [5.74, 6) is 1.19. The zero-order chi connectivity index (χ0) is 30.6. The van der Waals surface area contributed by atoms with Crippen LogP contribution in [-0.2, 0) is 38.6 Å². The average Bonchev–Trinajstić information content (AvgIpc) is 2.96. The van der Waals surface area contributed by atoms with Gasteiger partial charge in [-0.05, 0) is 16.9 Å². The number of aromatic nitrogens is 1. The fraction of sp³-hybridized carbons (Fsp3) is 0.275. The Morgan fingerprint density at radius 2 is 1.30 bits per heavy atom. The van der Waals surface area contributed by atoms with Gasteiger partial charge in [0.05, 0.1) is 0 Å². The molecule has 0 bridgehead atoms. The summed E-state index contributed by atoms with van der Waals surface area (Å²) in [6, 6.07) is 36.9. The number of fused-ring (bicyclic) bond motifs is 2. The van der Waals surface area contributed by atoms with Gasteiger partial charge in [0.15, 0.2) is 0 Å². The molecule has 0 fully saturated rings. The Bertz CT molecular complexity index is 1810. The minimum Gasteiger partial charge on any atom is -0.663 e. The van der Waals surface area contributed by atoms with Crippen molar-refractivity contribution < 1.29 is 27.1 Å². The third-order valence-corrected chi connectivity index (χ3v) is 8.40. The fourth-order valence-electron chi connectivity index (χ4n) is 5.74. The average molecular weight is 761 g/mol. The quantitative estimate of drug-likeness (QED) is 0.135. The van der Waals surface area contributed by atoms with Crippen LogP contribution in [0, 0.1) is 12.1 Å². The van der Waals surface area contributed by atoms with Crippen LogP contribution in [0.2, 0.25) is 0 Å². The number of para-hydroxylation sites is 2. The molecule has 3 nitrogen and oxygen atoms in total. The Balaban J connectivity index is 0.00000384. The third kappa shape index (κ3) is 6.15. The van der Waals surface area contributed by atoms with Crippen molar-refractivity contribution >= 4 is 11.4 Å². The van der Waals surface area contributed by atoms with Gasteiger partial charge in [-0.3, -0.25) is 0 Å². The molecule has 4 heteroatoms. The summed E-state index contributed by atoms with van der Waals surface area (Å²) in [5.41, 5.74) is 10.6. The molecule has 0 unspecified atom stereocenters. The first-order chi connectivity index (χ1) is 20.3. The maximum Gasteiger partial charge on any atom is 3.00 e. The maximum atomic E-state index is 6.22. The van der Waals surface area contributed by atoms with Gasteiger partial charge >= 0.3 is 22.4 Å². The monoisotopic (exact) mass is 760 g/mol. The van der Waals surface area contributed by atoms with Crippen LogP contribution < -0.4 is 4.74 Å². The van der Waals surface area contributed by atoms with E-state index in [1.54, 1.807) is 6.20 Å². The van der Waals surface area contributed by atoms with Crippen LogP contribution in [0.5, 0.6) is 11.6 Å². The van der Waals surface area contributed by atoms with E-state index in [-0.39, 0.29) is 38.6 Å². The molecule has 2 heterocycles. The van der Waals surface area contributed by atoms with Gasteiger partial charge in [-0.25, -0.2) is 10.5 Å². The van der Waals surface area contributed by atoms with Crippen LogP contribution in [0.1, 0.15) is 77.6 Å². The minimum absolute atomic E-state index is 0. The zero-order valence-electron chi connectivity index (χ0n) is 26.8. The van der Waals surface area contributed by atoms with Gasteiger partial charge in [0, 0.05) is 23.4 Å². The molecular formula is C40H39AuN2O. The number of benzene rings is 4. The van der Waals surface area contributed by atoms with E-state index in [9.17, 15) is 0 Å². The topological polar surface area (TPSA) is 36.2 Å². The largest absolute Gasteiger partial charge is 3.00 e. The molecule has 0 atom stereocenters. The summed E-state index contributed by atoms with van der Waals surface area (Å²) in [6.45, 7) is 18.0. The maximum absolute atomic E-state index is 6.22. The smallest absolute Gasteiger partial charge is 0.663 e. The second kappa shape index (κ2) is 11.7. The zero-order valence-corrected chi connectivity index (χ0v) is 28.9. The van der Waals surface area contributed by atoms with Gasteiger partial charge in [-0.2, -0.15) is 29.4 Å². The summed E-state index contributed by atoms with van der Waals surface area (Å²) < 4.78 is 6.22. The van der Waals surface area contributed by atoms with Gasteiger partial charge in [0.25, 0.3) is 0 Å². The van der Waals surface area contributed by atoms with Crippen molar-refractivity contribution in [2.75, 3.05) is 0 Å². The van der Waals surface area contributed by atoms with Crippen molar-refractivity contribution in [3.8, 4) is 33.9 Å². The molecule has 0 saturated carbocycles. The van der Waals surface area contributed by atoms with Crippen LogP contribution in [0.3, 0.4) is 0 Å². The van der Waals surface area contributed by atoms with Crippen molar-refractivity contribution in [3.05, 3.63) is 131 Å². The number of pyridine rings is 1. The van der Waals surface area contributed by atoms with Gasteiger partial charge in [-0.1, -0.05) is 127 Å². The Hall–Kier alpha value is -3.63. The molecule has 6 rings (SSSR count). The van der Waals surface area contributed by atoms with Gasteiger partial charge < -0.3 is 10.1 Å². The van der Waals surface area contributed by atoms with Crippen LogP contribution >= 0.6 is 0 Å². The first kappa shape index (κ1) is 31.8. The summed E-state index contributed by atoms with van der Waals surface area (Å²) in [6.07, 6.45) is 1.74. The molecule has 0 N–H and O–H groups in total. The van der Waals surface area contributed by atoms with Crippen LogP contribution in [0.15, 0.2) is 91.1 Å². The predicted octanol–water partition coefficient (Wildman–Crippen LogP) is 11.4. The second-order valence-electron chi connectivity index (χ2n) is 14.1. The van der Waals surface area contributed by atoms with E-state index in [0.717, 1.165) is 39.2 Å². The van der Waals surface area contributed by atoms with Gasteiger partial charge in [-0.15, -0.1) is 34.5 Å². The molecule has 0 amide bonds. The molecule has 0 saturated heterocycles. The number of nitrogens with zero attached hydrogens (tertiary/aromatic N) is 2. The fourth-order valence-corrected chi connectivity index (χ4v) is 5.74. The molecule has 5 aromatic rings. The standard InChI is InChI=1S/C40H39N2O.Au/c1-38(2,3)29-21-26(27-22-30(39(4,5)6)25-31(24-27)43-36-18-11-12-19-41-36)20-28(23-29)32-14-13-16-34-37(32)42-35-17-10-9-15-33(35)40(34,7)8;/h9-19,21-23,25H,1-8H3;/q-3;+3. The van der Waals surface area contributed by atoms with Gasteiger partial charge in [0.1, 0.15) is 0 Å². The van der Waals surface area contributed by atoms with Crippen molar-refractivity contribution in [2.45, 2.75) is 71.6 Å². The molecule has 0 radical (unpaired) electrons. The summed E-state index contributed by atoms with van der Waals surface area (Å²) >= 11 is 0. The normalized spacial score (nSPS) is 13.6. The number of rotatable bonds is 4. The summed E-state index contributed by atoms with van der Waals surface area (Å²) in [5, 5.41) is 5.23. The van der Waals surface area contributed by atoms with Gasteiger partial charge in [0.2, 0.25) is 5.88 Å². The second-order valence-corrected chi connectivity index (χ2v) is 14.1. The molecule has 1 aromatic heterocycles. The Kier molecular flexibility index (Phi) is 8.46. The number of ether oxygens (including phenoxy) is 1.